The summed E-state index contributed by atoms with van der Waals surface area (Å²) in [4.78, 5) is 15.9. The first kappa shape index (κ1) is 10.5. The molecule has 1 aliphatic rings. The summed E-state index contributed by atoms with van der Waals surface area (Å²) in [6.45, 7) is 0.611. The molecule has 2 aromatic rings. The topological polar surface area (TPSA) is 106 Å². The van der Waals surface area contributed by atoms with Crippen LogP contribution in [0.15, 0.2) is 6.33 Å². The van der Waals surface area contributed by atoms with E-state index in [1.165, 1.54) is 19.2 Å². The number of imidazole rings is 1. The predicted molar refractivity (Wildman–Crippen MR) is 65.3 cm³/mol. The molecule has 0 atom stereocenters. The third kappa shape index (κ3) is 1.48. The fourth-order valence-electron chi connectivity index (χ4n) is 2.69. The van der Waals surface area contributed by atoms with Gasteiger partial charge in [-0.15, -0.1) is 0 Å². The number of rotatable bonds is 2. The van der Waals surface area contributed by atoms with Gasteiger partial charge in [-0.2, -0.15) is 0 Å². The molecule has 5 N–H and O–H groups in total. The lowest BCUT2D eigenvalue weighted by Crippen LogP contribution is -2.33. The highest BCUT2D eigenvalue weighted by atomic mass is 15.1. The van der Waals surface area contributed by atoms with Crippen LogP contribution < -0.4 is 11.5 Å². The lowest BCUT2D eigenvalue weighted by molar-refractivity contribution is 0.429. The van der Waals surface area contributed by atoms with Crippen molar-refractivity contribution < 1.29 is 0 Å². The monoisotopic (exact) mass is 232 g/mol. The van der Waals surface area contributed by atoms with Gasteiger partial charge in [-0.25, -0.2) is 15.0 Å². The second kappa shape index (κ2) is 3.66. The fourth-order valence-corrected chi connectivity index (χ4v) is 2.69. The second-order valence-corrected chi connectivity index (χ2v) is 4.73. The molecule has 0 aliphatic heterocycles. The molecule has 0 amide bonds. The summed E-state index contributed by atoms with van der Waals surface area (Å²) in [6, 6.07) is 0. The molecular formula is C11H16N6. The largest absolute Gasteiger partial charge is 0.382 e. The summed E-state index contributed by atoms with van der Waals surface area (Å²) < 4.78 is 0. The van der Waals surface area contributed by atoms with Crippen LogP contribution in [-0.2, 0) is 5.41 Å². The van der Waals surface area contributed by atoms with Crippen molar-refractivity contribution in [3.8, 4) is 0 Å². The van der Waals surface area contributed by atoms with Crippen molar-refractivity contribution in [2.75, 3.05) is 12.3 Å². The molecule has 17 heavy (non-hydrogen) atoms. The maximum Gasteiger partial charge on any atom is 0.183 e. The summed E-state index contributed by atoms with van der Waals surface area (Å²) in [6.07, 6.45) is 6.00. The minimum atomic E-state index is -0.0207. The van der Waals surface area contributed by atoms with Crippen molar-refractivity contribution in [1.29, 1.82) is 0 Å². The van der Waals surface area contributed by atoms with Gasteiger partial charge in [0.25, 0.3) is 0 Å². The first-order valence-electron chi connectivity index (χ1n) is 5.92. The quantitative estimate of drug-likeness (QED) is 0.706. The van der Waals surface area contributed by atoms with E-state index in [4.69, 9.17) is 11.5 Å². The van der Waals surface area contributed by atoms with Crippen LogP contribution in [0.1, 0.15) is 31.5 Å². The van der Waals surface area contributed by atoms with Crippen LogP contribution in [0, 0.1) is 0 Å². The van der Waals surface area contributed by atoms with E-state index in [2.05, 4.69) is 19.9 Å². The van der Waals surface area contributed by atoms with Gasteiger partial charge in [0, 0.05) is 12.0 Å². The van der Waals surface area contributed by atoms with Gasteiger partial charge >= 0.3 is 0 Å². The third-order valence-electron chi connectivity index (χ3n) is 3.77. The highest BCUT2D eigenvalue weighted by molar-refractivity contribution is 5.81. The Morgan fingerprint density at radius 2 is 2.06 bits per heavy atom. The highest BCUT2D eigenvalue weighted by Gasteiger charge is 2.37. The van der Waals surface area contributed by atoms with Crippen molar-refractivity contribution in [2.24, 2.45) is 5.73 Å². The first-order chi connectivity index (χ1) is 8.25. The minimum absolute atomic E-state index is 0.0207. The van der Waals surface area contributed by atoms with Gasteiger partial charge in [-0.05, 0) is 12.8 Å². The third-order valence-corrected chi connectivity index (χ3v) is 3.77. The number of anilines is 1. The molecule has 0 bridgehead atoms. The Balaban J connectivity index is 2.14. The average molecular weight is 232 g/mol. The minimum Gasteiger partial charge on any atom is -0.382 e. The Hall–Kier alpha value is -1.69. The van der Waals surface area contributed by atoms with E-state index in [0.29, 0.717) is 18.0 Å². The molecule has 1 aliphatic carbocycles. The molecule has 6 heteroatoms. The Morgan fingerprint density at radius 1 is 1.29 bits per heavy atom. The van der Waals surface area contributed by atoms with Crippen LogP contribution in [0.3, 0.4) is 0 Å². The molecular weight excluding hydrogens is 216 g/mol. The number of nitrogen functional groups attached to an aromatic ring is 1. The number of nitrogens with two attached hydrogens (primary N) is 2. The van der Waals surface area contributed by atoms with Gasteiger partial charge in [0.15, 0.2) is 11.5 Å². The van der Waals surface area contributed by atoms with Gasteiger partial charge in [-0.3, -0.25) is 0 Å². The van der Waals surface area contributed by atoms with Gasteiger partial charge in [0.1, 0.15) is 17.7 Å². The SMILES string of the molecule is NCC1(c2nc3ncnc(N)c3[nH]2)CCCC1. The maximum atomic E-state index is 5.93. The summed E-state index contributed by atoms with van der Waals surface area (Å²) >= 11 is 0. The smallest absolute Gasteiger partial charge is 0.183 e. The molecule has 0 spiro atoms. The summed E-state index contributed by atoms with van der Waals surface area (Å²) in [5.74, 6) is 1.36. The van der Waals surface area contributed by atoms with E-state index in [9.17, 15) is 0 Å². The summed E-state index contributed by atoms with van der Waals surface area (Å²) in [5.41, 5.74) is 13.1. The van der Waals surface area contributed by atoms with E-state index in [-0.39, 0.29) is 5.41 Å². The van der Waals surface area contributed by atoms with Crippen LogP contribution in [0.25, 0.3) is 11.2 Å². The van der Waals surface area contributed by atoms with Crippen LogP contribution in [0.5, 0.6) is 0 Å². The van der Waals surface area contributed by atoms with Gasteiger partial charge < -0.3 is 16.5 Å². The highest BCUT2D eigenvalue weighted by Crippen LogP contribution is 2.39. The summed E-state index contributed by atoms with van der Waals surface area (Å²) in [5, 5.41) is 0. The van der Waals surface area contributed by atoms with Crippen LogP contribution >= 0.6 is 0 Å². The Labute approximate surface area is 98.8 Å². The number of H-pyrrole nitrogens is 1. The van der Waals surface area contributed by atoms with Crippen molar-refractivity contribution in [1.82, 2.24) is 19.9 Å². The van der Waals surface area contributed by atoms with Crippen LogP contribution in [0.4, 0.5) is 5.82 Å². The standard InChI is InChI=1S/C11H16N6/c12-5-11(3-1-2-4-11)10-16-7-8(13)14-6-15-9(7)17-10/h6H,1-5,12H2,(H3,13,14,15,16,17). The molecule has 2 heterocycles. The van der Waals surface area contributed by atoms with Gasteiger partial charge in [0.05, 0.1) is 0 Å². The van der Waals surface area contributed by atoms with Crippen molar-refractivity contribution in [3.05, 3.63) is 12.2 Å². The first-order valence-corrected chi connectivity index (χ1v) is 5.92. The zero-order valence-corrected chi connectivity index (χ0v) is 9.61. The van der Waals surface area contributed by atoms with Crippen LogP contribution in [-0.4, -0.2) is 26.5 Å². The van der Waals surface area contributed by atoms with E-state index in [0.717, 1.165) is 24.2 Å². The zero-order chi connectivity index (χ0) is 11.9. The molecule has 3 rings (SSSR count). The number of aromatic nitrogens is 4. The number of aromatic amines is 1. The Kier molecular flexibility index (Phi) is 2.25. The van der Waals surface area contributed by atoms with E-state index in [1.807, 2.05) is 0 Å². The van der Waals surface area contributed by atoms with Gasteiger partial charge in [0.2, 0.25) is 0 Å². The number of fused-ring (bicyclic) bond motifs is 1. The molecule has 2 aromatic heterocycles. The summed E-state index contributed by atoms with van der Waals surface area (Å²) in [7, 11) is 0. The molecule has 90 valence electrons. The van der Waals surface area contributed by atoms with Crippen molar-refractivity contribution in [2.45, 2.75) is 31.1 Å². The molecule has 0 radical (unpaired) electrons. The molecule has 0 aromatic carbocycles. The normalized spacial score (nSPS) is 18.9. The van der Waals surface area contributed by atoms with Gasteiger partial charge in [-0.1, -0.05) is 12.8 Å². The molecule has 1 fully saturated rings. The Bertz CT molecular complexity index is 540. The van der Waals surface area contributed by atoms with E-state index < -0.39 is 0 Å². The zero-order valence-electron chi connectivity index (χ0n) is 9.61. The van der Waals surface area contributed by atoms with Crippen LogP contribution in [0.2, 0.25) is 0 Å². The second-order valence-electron chi connectivity index (χ2n) is 4.73. The predicted octanol–water partition coefficient (Wildman–Crippen LogP) is 0.706. The lowest BCUT2D eigenvalue weighted by Gasteiger charge is -2.24. The van der Waals surface area contributed by atoms with Crippen molar-refractivity contribution >= 4 is 17.0 Å². The van der Waals surface area contributed by atoms with Crippen molar-refractivity contribution in [3.63, 3.8) is 0 Å². The fraction of sp³-hybridized carbons (Fsp3) is 0.545. The number of nitrogens with zero attached hydrogens (tertiary/aromatic N) is 3. The molecule has 0 unspecified atom stereocenters. The average Bonchev–Trinajstić information content (AvgIpc) is 2.96. The Morgan fingerprint density at radius 3 is 2.71 bits per heavy atom. The number of hydrogen-bond donors (Lipinski definition) is 3. The molecule has 0 saturated heterocycles. The molecule has 1 saturated carbocycles. The molecule has 6 nitrogen and oxygen atoms in total. The van der Waals surface area contributed by atoms with E-state index in [1.54, 1.807) is 0 Å². The number of nitrogens with one attached hydrogen (secondary N) is 1. The number of hydrogen-bond acceptors (Lipinski definition) is 5. The maximum absolute atomic E-state index is 5.93. The van der Waals surface area contributed by atoms with E-state index >= 15 is 0 Å². The lowest BCUT2D eigenvalue weighted by atomic mass is 9.85.